The average molecular weight is 571 g/mol. The molecule has 1 aliphatic heterocycles. The van der Waals surface area contributed by atoms with Crippen molar-refractivity contribution in [3.8, 4) is 5.75 Å². The van der Waals surface area contributed by atoms with Gasteiger partial charge in [0, 0.05) is 6.42 Å². The number of benzene rings is 1. The molecule has 10 nitrogen and oxygen atoms in total. The fourth-order valence-electron chi connectivity index (χ4n) is 5.24. The second kappa shape index (κ2) is 12.5. The molecule has 1 aromatic heterocycles. The lowest BCUT2D eigenvalue weighted by molar-refractivity contribution is -0.133. The molecule has 1 aromatic carbocycles. The largest absolute Gasteiger partial charge is 0.497 e. The number of ketones is 1. The minimum Gasteiger partial charge on any atom is -0.497 e. The third-order valence-electron chi connectivity index (χ3n) is 7.79. The number of aryl methyl sites for hydroxylation is 1. The van der Waals surface area contributed by atoms with Crippen molar-refractivity contribution in [2.75, 3.05) is 13.7 Å². The molecule has 0 unspecified atom stereocenters. The lowest BCUT2D eigenvalue weighted by Gasteiger charge is -2.26. The van der Waals surface area contributed by atoms with Crippen molar-refractivity contribution in [3.05, 3.63) is 45.4 Å². The standard InChI is InChI=1S/C29H38N4O6S/c1-16(23-24(26(30)35)40-17(2)31-23)27(36)33-22(14-19-9-11-20(38-4)12-10-19)28(37)32-21(13-18-7-5-6-8-18)25(34)29(3)15-39-29/h9-12,16,18,21-22H,5-8,13-15H2,1-4H3,(H2,30,35)(H,32,37)(H,33,36)/t16-,21-,22-,29+/m0/s1. The highest BCUT2D eigenvalue weighted by Crippen LogP contribution is 2.33. The van der Waals surface area contributed by atoms with Crippen molar-refractivity contribution < 1.29 is 28.7 Å². The summed E-state index contributed by atoms with van der Waals surface area (Å²) >= 11 is 1.13. The number of methoxy groups -OCH3 is 1. The van der Waals surface area contributed by atoms with Crippen molar-refractivity contribution in [2.24, 2.45) is 11.7 Å². The molecule has 1 saturated heterocycles. The van der Waals surface area contributed by atoms with Crippen molar-refractivity contribution in [2.45, 2.75) is 82.9 Å². The van der Waals surface area contributed by atoms with E-state index in [4.69, 9.17) is 15.2 Å². The summed E-state index contributed by atoms with van der Waals surface area (Å²) in [5, 5.41) is 6.41. The molecule has 3 amide bonds. The first-order valence-electron chi connectivity index (χ1n) is 13.7. The van der Waals surface area contributed by atoms with Crippen LogP contribution in [0.5, 0.6) is 5.75 Å². The number of rotatable bonds is 13. The molecule has 0 spiro atoms. The number of thiazole rings is 1. The maximum atomic E-state index is 13.7. The minimum atomic E-state index is -0.980. The molecule has 4 atom stereocenters. The number of nitrogens with zero attached hydrogens (tertiary/aromatic N) is 1. The van der Waals surface area contributed by atoms with E-state index in [-0.39, 0.29) is 22.8 Å². The molecule has 2 fully saturated rings. The predicted molar refractivity (Wildman–Crippen MR) is 150 cm³/mol. The van der Waals surface area contributed by atoms with Crippen LogP contribution in [0.1, 0.15) is 77.8 Å². The van der Waals surface area contributed by atoms with Crippen LogP contribution in [0.25, 0.3) is 0 Å². The van der Waals surface area contributed by atoms with E-state index >= 15 is 0 Å². The first kappa shape index (κ1) is 29.7. The number of carbonyl (C=O) groups is 4. The summed E-state index contributed by atoms with van der Waals surface area (Å²) in [6.45, 7) is 5.43. The Bertz CT molecular complexity index is 1250. The van der Waals surface area contributed by atoms with Gasteiger partial charge in [-0.3, -0.25) is 19.2 Å². The first-order chi connectivity index (χ1) is 19.0. The number of aromatic nitrogens is 1. The summed E-state index contributed by atoms with van der Waals surface area (Å²) in [5.74, 6) is -1.53. The summed E-state index contributed by atoms with van der Waals surface area (Å²) in [6, 6.07) is 5.52. The van der Waals surface area contributed by atoms with Crippen LogP contribution in [0.3, 0.4) is 0 Å². The number of Topliss-reactive ketones (excluding diaryl/α,β-unsaturated/α-hetero) is 1. The number of ether oxygens (including phenoxy) is 2. The minimum absolute atomic E-state index is 0.139. The number of nitrogens with two attached hydrogens (primary N) is 1. The fraction of sp³-hybridized carbons (Fsp3) is 0.552. The van der Waals surface area contributed by atoms with E-state index in [1.807, 2.05) is 12.1 Å². The number of epoxide rings is 1. The Morgan fingerprint density at radius 1 is 1.12 bits per heavy atom. The molecule has 1 aliphatic carbocycles. The Hall–Kier alpha value is -3.31. The van der Waals surface area contributed by atoms with E-state index in [1.165, 1.54) is 0 Å². The van der Waals surface area contributed by atoms with Crippen molar-refractivity contribution in [3.63, 3.8) is 0 Å². The van der Waals surface area contributed by atoms with Gasteiger partial charge in [0.1, 0.15) is 22.3 Å². The van der Waals surface area contributed by atoms with Crippen LogP contribution in [-0.2, 0) is 25.5 Å². The van der Waals surface area contributed by atoms with Crippen LogP contribution in [0, 0.1) is 12.8 Å². The van der Waals surface area contributed by atoms with Crippen LogP contribution in [0.2, 0.25) is 0 Å². The number of nitrogens with one attached hydrogen (secondary N) is 2. The molecule has 216 valence electrons. The zero-order valence-corrected chi connectivity index (χ0v) is 24.3. The quantitative estimate of drug-likeness (QED) is 0.313. The SMILES string of the molecule is COc1ccc(C[C@H](NC(=O)[C@@H](C)c2nc(C)sc2C(N)=O)C(=O)N[C@@H](CC2CCCC2)C(=O)[C@@]2(C)CO2)cc1. The first-order valence-corrected chi connectivity index (χ1v) is 14.5. The van der Waals surface area contributed by atoms with Crippen molar-refractivity contribution in [1.29, 1.82) is 0 Å². The lowest BCUT2D eigenvalue weighted by atomic mass is 9.90. The highest BCUT2D eigenvalue weighted by atomic mass is 32.1. The van der Waals surface area contributed by atoms with Crippen molar-refractivity contribution in [1.82, 2.24) is 15.6 Å². The molecule has 2 aromatic rings. The Labute approximate surface area is 238 Å². The van der Waals surface area contributed by atoms with Gasteiger partial charge in [0.25, 0.3) is 5.91 Å². The van der Waals surface area contributed by atoms with Gasteiger partial charge in [-0.1, -0.05) is 37.8 Å². The zero-order valence-electron chi connectivity index (χ0n) is 23.5. The molecule has 2 aliphatic rings. The van der Waals surface area contributed by atoms with E-state index in [0.29, 0.717) is 29.7 Å². The Balaban J connectivity index is 1.56. The monoisotopic (exact) mass is 570 g/mol. The van der Waals surface area contributed by atoms with E-state index in [1.54, 1.807) is 40.0 Å². The lowest BCUT2D eigenvalue weighted by Crippen LogP contribution is -2.55. The number of carbonyl (C=O) groups excluding carboxylic acids is 4. The van der Waals surface area contributed by atoms with E-state index < -0.39 is 41.3 Å². The van der Waals surface area contributed by atoms with Gasteiger partial charge in [0.15, 0.2) is 5.78 Å². The van der Waals surface area contributed by atoms with Crippen LogP contribution in [-0.4, -0.2) is 59.9 Å². The fourth-order valence-corrected chi connectivity index (χ4v) is 6.11. The molecule has 1 saturated carbocycles. The molecule has 4 rings (SSSR count). The Morgan fingerprint density at radius 3 is 2.33 bits per heavy atom. The second-order valence-corrected chi connectivity index (χ2v) is 12.2. The molecule has 0 radical (unpaired) electrons. The normalized spacial score (nSPS) is 20.8. The molecule has 40 heavy (non-hydrogen) atoms. The second-order valence-electron chi connectivity index (χ2n) is 11.0. The highest BCUT2D eigenvalue weighted by Gasteiger charge is 2.50. The smallest absolute Gasteiger partial charge is 0.260 e. The topological polar surface area (TPSA) is 153 Å². The molecular weight excluding hydrogens is 532 g/mol. The van der Waals surface area contributed by atoms with Crippen molar-refractivity contribution >= 4 is 34.8 Å². The molecule has 11 heteroatoms. The van der Waals surface area contributed by atoms with Gasteiger partial charge in [-0.05, 0) is 50.8 Å². The Kier molecular flexibility index (Phi) is 9.25. The maximum Gasteiger partial charge on any atom is 0.260 e. The zero-order chi connectivity index (χ0) is 29.0. The van der Waals surface area contributed by atoms with Gasteiger partial charge < -0.3 is 25.8 Å². The predicted octanol–water partition coefficient (Wildman–Crippen LogP) is 2.81. The van der Waals surface area contributed by atoms with Gasteiger partial charge in [-0.25, -0.2) is 4.98 Å². The molecular formula is C29H38N4O6S. The van der Waals surface area contributed by atoms with Gasteiger partial charge in [0.05, 0.1) is 36.4 Å². The summed E-state index contributed by atoms with van der Waals surface area (Å²) < 4.78 is 10.7. The van der Waals surface area contributed by atoms with Crippen LogP contribution in [0.15, 0.2) is 24.3 Å². The van der Waals surface area contributed by atoms with Gasteiger partial charge >= 0.3 is 0 Å². The van der Waals surface area contributed by atoms with E-state index in [2.05, 4.69) is 15.6 Å². The third kappa shape index (κ3) is 7.06. The van der Waals surface area contributed by atoms with Gasteiger partial charge in [-0.15, -0.1) is 11.3 Å². The summed E-state index contributed by atoms with van der Waals surface area (Å²) in [5.41, 5.74) is 5.71. The third-order valence-corrected chi connectivity index (χ3v) is 8.80. The maximum absolute atomic E-state index is 13.7. The molecule has 0 bridgehead atoms. The van der Waals surface area contributed by atoms with E-state index in [0.717, 1.165) is 42.6 Å². The van der Waals surface area contributed by atoms with Crippen LogP contribution < -0.4 is 21.1 Å². The number of hydrogen-bond acceptors (Lipinski definition) is 8. The number of primary amides is 1. The summed E-state index contributed by atoms with van der Waals surface area (Å²) in [6.07, 6.45) is 5.01. The number of amides is 3. The molecule has 2 heterocycles. The highest BCUT2D eigenvalue weighted by molar-refractivity contribution is 7.13. The summed E-state index contributed by atoms with van der Waals surface area (Å²) in [7, 11) is 1.57. The van der Waals surface area contributed by atoms with E-state index in [9.17, 15) is 19.2 Å². The Morgan fingerprint density at radius 2 is 1.75 bits per heavy atom. The van der Waals surface area contributed by atoms with Crippen LogP contribution in [0.4, 0.5) is 0 Å². The summed E-state index contributed by atoms with van der Waals surface area (Å²) in [4.78, 5) is 57.0. The molecule has 4 N–H and O–H groups in total. The average Bonchev–Trinajstić information content (AvgIpc) is 3.29. The number of hydrogen-bond donors (Lipinski definition) is 3. The van der Waals surface area contributed by atoms with Gasteiger partial charge in [0.2, 0.25) is 11.8 Å². The van der Waals surface area contributed by atoms with Gasteiger partial charge in [-0.2, -0.15) is 0 Å². The van der Waals surface area contributed by atoms with Crippen LogP contribution >= 0.6 is 11.3 Å².